The van der Waals surface area contributed by atoms with E-state index in [1.807, 2.05) is 0 Å². The van der Waals surface area contributed by atoms with Crippen molar-refractivity contribution in [3.05, 3.63) is 35.4 Å². The normalized spacial score (nSPS) is 17.3. The van der Waals surface area contributed by atoms with Crippen LogP contribution in [0.2, 0.25) is 0 Å². The Bertz CT molecular complexity index is 1050. The molecule has 1 aliphatic rings. The third kappa shape index (κ3) is 6.64. The number of carboxylic acid groups (broad SMARTS) is 2. The van der Waals surface area contributed by atoms with Gasteiger partial charge in [-0.1, -0.05) is 38.1 Å². The monoisotopic (exact) mass is 503 g/mol. The number of carboxylic acids is 2. The number of carbonyl (C=O) groups is 6. The molecule has 0 aromatic heterocycles. The van der Waals surface area contributed by atoms with Crippen LogP contribution in [0.25, 0.3) is 0 Å². The predicted molar refractivity (Wildman–Crippen MR) is 125 cm³/mol. The van der Waals surface area contributed by atoms with Gasteiger partial charge in [0.15, 0.2) is 6.04 Å². The molecule has 0 spiro atoms. The number of nitrogens with zero attached hydrogens (tertiary/aromatic N) is 3. The highest BCUT2D eigenvalue weighted by Crippen LogP contribution is 2.29. The quantitative estimate of drug-likeness (QED) is 0.136. The van der Waals surface area contributed by atoms with Crippen LogP contribution in [0.1, 0.15) is 44.7 Å². The summed E-state index contributed by atoms with van der Waals surface area (Å²) < 4.78 is 0. The standard InChI is InChI=1S/C23H29N5O8/c1-12(2)20(23(35)36)28(22(34)17(10-19(31)32)26-13(3)29)27-18(30)9-16(21(27)33)8-14-4-6-15(7-5-14)11-25-24/h4-7,11-12,16-17,20H,8-10,24H2,1-3H3,(H,26,29)(H,31,32)(H,35,36)/t16?,17-,20-/m0/s1. The Labute approximate surface area is 206 Å². The predicted octanol–water partition coefficient (Wildman–Crippen LogP) is -0.271. The first-order valence-corrected chi connectivity index (χ1v) is 11.1. The minimum Gasteiger partial charge on any atom is -0.481 e. The molecule has 2 rings (SSSR count). The molecular weight excluding hydrogens is 474 g/mol. The number of aliphatic carboxylic acids is 2. The lowest BCUT2D eigenvalue weighted by molar-refractivity contribution is -0.182. The summed E-state index contributed by atoms with van der Waals surface area (Å²) in [5.74, 6) is -3.03. The van der Waals surface area contributed by atoms with E-state index in [-0.39, 0.29) is 12.8 Å². The van der Waals surface area contributed by atoms with Gasteiger partial charge in [0.05, 0.1) is 18.6 Å². The van der Waals surface area contributed by atoms with Crippen LogP contribution in [0.15, 0.2) is 29.4 Å². The van der Waals surface area contributed by atoms with Gasteiger partial charge in [-0.3, -0.25) is 24.0 Å². The van der Waals surface area contributed by atoms with Gasteiger partial charge in [-0.25, -0.2) is 9.80 Å². The van der Waals surface area contributed by atoms with Gasteiger partial charge in [0.25, 0.3) is 11.8 Å². The zero-order chi connectivity index (χ0) is 27.2. The topological polar surface area (TPSA) is 200 Å². The fourth-order valence-electron chi connectivity index (χ4n) is 3.99. The molecule has 3 atom stereocenters. The first-order valence-electron chi connectivity index (χ1n) is 11.1. The molecule has 0 saturated carbocycles. The number of hydrazone groups is 1. The molecule has 0 aliphatic carbocycles. The van der Waals surface area contributed by atoms with Crippen molar-refractivity contribution in [1.82, 2.24) is 15.3 Å². The summed E-state index contributed by atoms with van der Waals surface area (Å²) in [4.78, 5) is 74.8. The van der Waals surface area contributed by atoms with Gasteiger partial charge in [-0.15, -0.1) is 0 Å². The van der Waals surface area contributed by atoms with Crippen molar-refractivity contribution < 1.29 is 39.0 Å². The number of rotatable bonds is 11. The van der Waals surface area contributed by atoms with E-state index >= 15 is 0 Å². The van der Waals surface area contributed by atoms with E-state index < -0.39 is 65.9 Å². The van der Waals surface area contributed by atoms with Gasteiger partial charge in [0, 0.05) is 13.3 Å². The second kappa shape index (κ2) is 11.9. The molecule has 0 bridgehead atoms. The number of benzene rings is 1. The largest absolute Gasteiger partial charge is 0.481 e. The Morgan fingerprint density at radius 3 is 2.28 bits per heavy atom. The van der Waals surface area contributed by atoms with E-state index in [2.05, 4.69) is 10.4 Å². The van der Waals surface area contributed by atoms with Crippen molar-refractivity contribution in [1.29, 1.82) is 0 Å². The lowest BCUT2D eigenvalue weighted by Gasteiger charge is -2.38. The number of nitrogens with two attached hydrogens (primary N) is 1. The third-order valence-electron chi connectivity index (χ3n) is 5.54. The molecule has 5 N–H and O–H groups in total. The van der Waals surface area contributed by atoms with Crippen LogP contribution in [0.5, 0.6) is 0 Å². The Kier molecular flexibility index (Phi) is 9.25. The van der Waals surface area contributed by atoms with E-state index in [1.54, 1.807) is 24.3 Å². The van der Waals surface area contributed by atoms with Gasteiger partial charge >= 0.3 is 11.9 Å². The summed E-state index contributed by atoms with van der Waals surface area (Å²) >= 11 is 0. The molecule has 13 heteroatoms. The van der Waals surface area contributed by atoms with E-state index in [0.717, 1.165) is 12.5 Å². The van der Waals surface area contributed by atoms with Crippen LogP contribution in [-0.2, 0) is 35.2 Å². The second-order valence-corrected chi connectivity index (χ2v) is 8.73. The zero-order valence-electron chi connectivity index (χ0n) is 20.1. The minimum absolute atomic E-state index is 0.132. The number of hydrogen-bond acceptors (Lipinski definition) is 8. The smallest absolute Gasteiger partial charge is 0.328 e. The lowest BCUT2D eigenvalue weighted by atomic mass is 9.97. The van der Waals surface area contributed by atoms with Crippen LogP contribution >= 0.6 is 0 Å². The molecule has 1 saturated heterocycles. The summed E-state index contributed by atoms with van der Waals surface area (Å²) in [5.41, 5.74) is 1.42. The molecular formula is C23H29N5O8. The van der Waals surface area contributed by atoms with Crippen LogP contribution < -0.4 is 11.2 Å². The van der Waals surface area contributed by atoms with Gasteiger partial charge in [0.1, 0.15) is 6.04 Å². The average Bonchev–Trinajstić information content (AvgIpc) is 3.04. The van der Waals surface area contributed by atoms with Crippen molar-refractivity contribution in [2.45, 2.75) is 52.1 Å². The van der Waals surface area contributed by atoms with E-state index in [9.17, 15) is 39.0 Å². The Morgan fingerprint density at radius 1 is 1.19 bits per heavy atom. The molecule has 13 nitrogen and oxygen atoms in total. The molecule has 1 aromatic carbocycles. The van der Waals surface area contributed by atoms with Gasteiger partial charge in [0.2, 0.25) is 11.8 Å². The van der Waals surface area contributed by atoms with Gasteiger partial charge < -0.3 is 21.4 Å². The lowest BCUT2D eigenvalue weighted by Crippen LogP contribution is -2.63. The summed E-state index contributed by atoms with van der Waals surface area (Å²) in [7, 11) is 0. The summed E-state index contributed by atoms with van der Waals surface area (Å²) in [5, 5.41) is 25.6. The van der Waals surface area contributed by atoms with Crippen molar-refractivity contribution >= 4 is 41.8 Å². The Morgan fingerprint density at radius 2 is 1.81 bits per heavy atom. The number of hydrazine groups is 1. The molecule has 1 heterocycles. The summed E-state index contributed by atoms with van der Waals surface area (Å²) in [6, 6.07) is 3.48. The maximum Gasteiger partial charge on any atom is 0.328 e. The molecule has 1 aromatic rings. The van der Waals surface area contributed by atoms with Crippen LogP contribution in [0, 0.1) is 11.8 Å². The Hall–Kier alpha value is -4.29. The maximum absolute atomic E-state index is 13.4. The highest BCUT2D eigenvalue weighted by molar-refractivity contribution is 6.06. The first-order chi connectivity index (χ1) is 16.9. The SMILES string of the molecule is CC(=O)N[C@@H](CC(=O)O)C(=O)N([C@H](C(=O)O)C(C)C)N1C(=O)CC(Cc2ccc(C=NN)cc2)C1=O. The third-order valence-corrected chi connectivity index (χ3v) is 5.54. The fraction of sp³-hybridized carbons (Fsp3) is 0.435. The van der Waals surface area contributed by atoms with Crippen LogP contribution in [0.4, 0.5) is 0 Å². The zero-order valence-corrected chi connectivity index (χ0v) is 20.1. The number of hydrogen-bond donors (Lipinski definition) is 4. The molecule has 1 aliphatic heterocycles. The van der Waals surface area contributed by atoms with E-state index in [0.29, 0.717) is 15.6 Å². The molecule has 194 valence electrons. The highest BCUT2D eigenvalue weighted by Gasteiger charge is 2.49. The number of nitrogens with one attached hydrogen (secondary N) is 1. The van der Waals surface area contributed by atoms with Gasteiger partial charge in [-0.2, -0.15) is 10.1 Å². The van der Waals surface area contributed by atoms with Crippen molar-refractivity contribution in [2.24, 2.45) is 22.8 Å². The van der Waals surface area contributed by atoms with Crippen molar-refractivity contribution in [3.63, 3.8) is 0 Å². The van der Waals surface area contributed by atoms with Crippen LogP contribution in [0.3, 0.4) is 0 Å². The summed E-state index contributed by atoms with van der Waals surface area (Å²) in [6.07, 6.45) is 0.396. The summed E-state index contributed by atoms with van der Waals surface area (Å²) in [6.45, 7) is 3.99. The first kappa shape index (κ1) is 28.0. The maximum atomic E-state index is 13.4. The van der Waals surface area contributed by atoms with E-state index in [1.165, 1.54) is 20.1 Å². The van der Waals surface area contributed by atoms with Crippen LogP contribution in [-0.4, -0.2) is 74.1 Å². The van der Waals surface area contributed by atoms with E-state index in [4.69, 9.17) is 5.84 Å². The van der Waals surface area contributed by atoms with Crippen molar-refractivity contribution in [2.75, 3.05) is 0 Å². The Balaban J connectivity index is 2.44. The molecule has 36 heavy (non-hydrogen) atoms. The molecule has 4 amide bonds. The number of imide groups is 1. The van der Waals surface area contributed by atoms with Crippen molar-refractivity contribution in [3.8, 4) is 0 Å². The number of amides is 4. The minimum atomic E-state index is -1.70. The molecule has 1 fully saturated rings. The average molecular weight is 504 g/mol. The highest BCUT2D eigenvalue weighted by atomic mass is 16.4. The van der Waals surface area contributed by atoms with Gasteiger partial charge in [-0.05, 0) is 23.5 Å². The second-order valence-electron chi connectivity index (χ2n) is 8.73. The molecule has 1 unspecified atom stereocenters. The fourth-order valence-corrected chi connectivity index (χ4v) is 3.99. The number of carbonyl (C=O) groups excluding carboxylic acids is 4. The molecule has 0 radical (unpaired) electrons.